The van der Waals surface area contributed by atoms with Crippen molar-refractivity contribution in [3.63, 3.8) is 0 Å². The normalized spacial score (nSPS) is 14.6. The van der Waals surface area contributed by atoms with Crippen molar-refractivity contribution in [2.24, 2.45) is 0 Å². The zero-order valence-electron chi connectivity index (χ0n) is 12.0. The van der Waals surface area contributed by atoms with Crippen LogP contribution in [0.15, 0.2) is 36.4 Å². The number of anilines is 1. The van der Waals surface area contributed by atoms with Crippen LogP contribution in [0.4, 0.5) is 14.5 Å². The van der Waals surface area contributed by atoms with Gasteiger partial charge in [0.25, 0.3) is 5.91 Å². The Labute approximate surface area is 130 Å². The summed E-state index contributed by atoms with van der Waals surface area (Å²) in [5.74, 6) is -2.22. The molecular formula is C17H11F2NO3. The second-order valence-corrected chi connectivity index (χ2v) is 4.93. The third-order valence-corrected chi connectivity index (χ3v) is 3.48. The number of carbonyl (C=O) groups is 2. The fraction of sp³-hybridized carbons (Fsp3) is 0.0588. The van der Waals surface area contributed by atoms with Crippen molar-refractivity contribution >= 4 is 29.2 Å². The number of rotatable bonds is 2. The van der Waals surface area contributed by atoms with Crippen LogP contribution in [-0.4, -0.2) is 19.0 Å². The van der Waals surface area contributed by atoms with Crippen molar-refractivity contribution in [2.45, 2.75) is 0 Å². The van der Waals surface area contributed by atoms with Crippen molar-refractivity contribution in [3.05, 3.63) is 64.7 Å². The second-order valence-electron chi connectivity index (χ2n) is 4.93. The standard InChI is InChI=1S/C17H11F2NO3/c1-23-17(22)9-2-4-12-13(16(21)20-15(12)8-9)7-10-6-11(18)3-5-14(10)19/h2-8H,1H3,(H,20,21). The lowest BCUT2D eigenvalue weighted by atomic mass is 10.0. The third-order valence-electron chi connectivity index (χ3n) is 3.48. The van der Waals surface area contributed by atoms with Gasteiger partial charge in [-0.15, -0.1) is 0 Å². The molecule has 1 aliphatic heterocycles. The molecule has 0 unspecified atom stereocenters. The predicted octanol–water partition coefficient (Wildman–Crippen LogP) is 3.24. The molecule has 1 aliphatic rings. The quantitative estimate of drug-likeness (QED) is 0.684. The first-order chi connectivity index (χ1) is 11.0. The average Bonchev–Trinajstić information content (AvgIpc) is 2.85. The Morgan fingerprint density at radius 2 is 1.96 bits per heavy atom. The largest absolute Gasteiger partial charge is 0.465 e. The number of amides is 1. The van der Waals surface area contributed by atoms with E-state index < -0.39 is 23.5 Å². The van der Waals surface area contributed by atoms with Gasteiger partial charge in [-0.2, -0.15) is 0 Å². The number of hydrogen-bond acceptors (Lipinski definition) is 3. The summed E-state index contributed by atoms with van der Waals surface area (Å²) >= 11 is 0. The van der Waals surface area contributed by atoms with Crippen LogP contribution in [-0.2, 0) is 9.53 Å². The van der Waals surface area contributed by atoms with Gasteiger partial charge in [-0.1, -0.05) is 6.07 Å². The molecule has 0 aromatic heterocycles. The Hall–Kier alpha value is -3.02. The summed E-state index contributed by atoms with van der Waals surface area (Å²) < 4.78 is 31.6. The van der Waals surface area contributed by atoms with Gasteiger partial charge < -0.3 is 10.1 Å². The summed E-state index contributed by atoms with van der Waals surface area (Å²) in [7, 11) is 1.26. The second kappa shape index (κ2) is 5.64. The molecule has 4 nitrogen and oxygen atoms in total. The van der Waals surface area contributed by atoms with Gasteiger partial charge in [-0.25, -0.2) is 13.6 Å². The van der Waals surface area contributed by atoms with Crippen LogP contribution in [0.3, 0.4) is 0 Å². The maximum absolute atomic E-state index is 13.7. The van der Waals surface area contributed by atoms with Gasteiger partial charge in [0.05, 0.1) is 12.7 Å². The van der Waals surface area contributed by atoms with Crippen molar-refractivity contribution in [2.75, 3.05) is 12.4 Å². The highest BCUT2D eigenvalue weighted by atomic mass is 19.1. The Morgan fingerprint density at radius 3 is 2.70 bits per heavy atom. The first kappa shape index (κ1) is 14.9. The van der Waals surface area contributed by atoms with Crippen LogP contribution in [0.5, 0.6) is 0 Å². The smallest absolute Gasteiger partial charge is 0.337 e. The molecular weight excluding hydrogens is 304 g/mol. The molecule has 0 bridgehead atoms. The van der Waals surface area contributed by atoms with Gasteiger partial charge in [0.15, 0.2) is 0 Å². The Kier molecular flexibility index (Phi) is 3.65. The highest BCUT2D eigenvalue weighted by Gasteiger charge is 2.25. The van der Waals surface area contributed by atoms with Crippen LogP contribution < -0.4 is 5.32 Å². The number of carbonyl (C=O) groups excluding carboxylic acids is 2. The minimum absolute atomic E-state index is 0.0277. The summed E-state index contributed by atoms with van der Waals surface area (Å²) in [6.07, 6.45) is 1.28. The molecule has 0 radical (unpaired) electrons. The van der Waals surface area contributed by atoms with Crippen molar-refractivity contribution < 1.29 is 23.1 Å². The molecule has 2 aromatic rings. The molecule has 0 aliphatic carbocycles. The first-order valence-corrected chi connectivity index (χ1v) is 6.70. The molecule has 116 valence electrons. The van der Waals surface area contributed by atoms with Gasteiger partial charge in [-0.3, -0.25) is 4.79 Å². The van der Waals surface area contributed by atoms with Crippen LogP contribution in [0.1, 0.15) is 21.5 Å². The Balaban J connectivity index is 2.07. The monoisotopic (exact) mass is 315 g/mol. The summed E-state index contributed by atoms with van der Waals surface area (Å²) in [5, 5.41) is 2.59. The number of fused-ring (bicyclic) bond motifs is 1. The summed E-state index contributed by atoms with van der Waals surface area (Å²) in [6.45, 7) is 0. The van der Waals surface area contributed by atoms with Crippen LogP contribution >= 0.6 is 0 Å². The van der Waals surface area contributed by atoms with Crippen molar-refractivity contribution in [3.8, 4) is 0 Å². The van der Waals surface area contributed by atoms with E-state index in [4.69, 9.17) is 0 Å². The Bertz CT molecular complexity index is 859. The number of nitrogens with one attached hydrogen (secondary N) is 1. The lowest BCUT2D eigenvalue weighted by molar-refractivity contribution is -0.110. The van der Waals surface area contributed by atoms with Gasteiger partial charge >= 0.3 is 5.97 Å². The van der Waals surface area contributed by atoms with Crippen LogP contribution in [0.25, 0.3) is 11.6 Å². The average molecular weight is 315 g/mol. The molecule has 0 fully saturated rings. The summed E-state index contributed by atoms with van der Waals surface area (Å²) in [4.78, 5) is 23.6. The van der Waals surface area contributed by atoms with E-state index in [0.717, 1.165) is 18.2 Å². The maximum atomic E-state index is 13.7. The molecule has 6 heteroatoms. The van der Waals surface area contributed by atoms with Gasteiger partial charge in [-0.05, 0) is 36.4 Å². The summed E-state index contributed by atoms with van der Waals surface area (Å²) in [5.41, 5.74) is 1.37. The fourth-order valence-corrected chi connectivity index (χ4v) is 2.36. The van der Waals surface area contributed by atoms with Gasteiger partial charge in [0.1, 0.15) is 11.6 Å². The predicted molar refractivity (Wildman–Crippen MR) is 80.6 cm³/mol. The molecule has 2 aromatic carbocycles. The molecule has 1 heterocycles. The van der Waals surface area contributed by atoms with E-state index in [1.165, 1.54) is 25.3 Å². The van der Waals surface area contributed by atoms with E-state index in [0.29, 0.717) is 11.3 Å². The number of ether oxygens (including phenoxy) is 1. The molecule has 0 saturated heterocycles. The molecule has 3 rings (SSSR count). The van der Waals surface area contributed by atoms with Crippen molar-refractivity contribution in [1.82, 2.24) is 0 Å². The number of hydrogen-bond donors (Lipinski definition) is 1. The van der Waals surface area contributed by atoms with Crippen LogP contribution in [0, 0.1) is 11.6 Å². The third kappa shape index (κ3) is 2.70. The highest BCUT2D eigenvalue weighted by Crippen LogP contribution is 2.34. The fourth-order valence-electron chi connectivity index (χ4n) is 2.36. The molecule has 23 heavy (non-hydrogen) atoms. The van der Waals surface area contributed by atoms with E-state index in [-0.39, 0.29) is 16.7 Å². The highest BCUT2D eigenvalue weighted by molar-refractivity contribution is 6.35. The molecule has 1 N–H and O–H groups in total. The molecule has 0 spiro atoms. The van der Waals surface area contributed by atoms with Crippen LogP contribution in [0.2, 0.25) is 0 Å². The van der Waals surface area contributed by atoms with Gasteiger partial charge in [0.2, 0.25) is 0 Å². The number of esters is 1. The van der Waals surface area contributed by atoms with E-state index in [1.54, 1.807) is 6.07 Å². The minimum atomic E-state index is -0.633. The Morgan fingerprint density at radius 1 is 1.17 bits per heavy atom. The molecule has 0 saturated carbocycles. The SMILES string of the molecule is COC(=O)c1ccc2c(c1)NC(=O)C2=Cc1cc(F)ccc1F. The number of methoxy groups -OCH3 is 1. The zero-order valence-corrected chi connectivity index (χ0v) is 12.0. The van der Waals surface area contributed by atoms with E-state index in [2.05, 4.69) is 10.1 Å². The lowest BCUT2D eigenvalue weighted by Crippen LogP contribution is -2.04. The van der Waals surface area contributed by atoms with E-state index >= 15 is 0 Å². The van der Waals surface area contributed by atoms with E-state index in [9.17, 15) is 18.4 Å². The molecule has 0 atom stereocenters. The summed E-state index contributed by atoms with van der Waals surface area (Å²) in [6, 6.07) is 7.54. The van der Waals surface area contributed by atoms with Crippen molar-refractivity contribution in [1.29, 1.82) is 0 Å². The number of benzene rings is 2. The topological polar surface area (TPSA) is 55.4 Å². The maximum Gasteiger partial charge on any atom is 0.337 e. The lowest BCUT2D eigenvalue weighted by Gasteiger charge is -2.03. The number of halogens is 2. The minimum Gasteiger partial charge on any atom is -0.465 e. The van der Waals surface area contributed by atoms with Gasteiger partial charge in [0, 0.05) is 22.4 Å². The zero-order chi connectivity index (χ0) is 16.6. The first-order valence-electron chi connectivity index (χ1n) is 6.70. The van der Waals surface area contributed by atoms with E-state index in [1.807, 2.05) is 0 Å². The molecule has 1 amide bonds.